The van der Waals surface area contributed by atoms with Crippen molar-refractivity contribution < 1.29 is 18.9 Å². The lowest BCUT2D eigenvalue weighted by Gasteiger charge is -2.35. The Morgan fingerprint density at radius 2 is 1.94 bits per heavy atom. The summed E-state index contributed by atoms with van der Waals surface area (Å²) in [5.74, 6) is 3.90. The van der Waals surface area contributed by atoms with E-state index in [0.717, 1.165) is 64.5 Å². The lowest BCUT2D eigenvalue weighted by atomic mass is 9.96. The number of hydrogen-bond acceptors (Lipinski definition) is 8. The second-order valence-corrected chi connectivity index (χ2v) is 9.32. The molecular weight excluding hydrogens is 426 g/mol. The summed E-state index contributed by atoms with van der Waals surface area (Å²) in [4.78, 5) is 7.22. The molecule has 1 N–H and O–H groups in total. The van der Waals surface area contributed by atoms with E-state index in [1.54, 1.807) is 25.6 Å². The SMILES string of the molecule is COc1cc(OC)c2sc(NCC3CCN(CC4COc5ccccc5O4)CC3)nc2c1. The van der Waals surface area contributed by atoms with Crippen molar-refractivity contribution in [2.45, 2.75) is 18.9 Å². The Morgan fingerprint density at radius 1 is 1.12 bits per heavy atom. The predicted octanol–water partition coefficient (Wildman–Crippen LogP) is 4.28. The third kappa shape index (κ3) is 4.56. The van der Waals surface area contributed by atoms with E-state index >= 15 is 0 Å². The first kappa shape index (κ1) is 21.2. The zero-order valence-electron chi connectivity index (χ0n) is 18.5. The number of benzene rings is 2. The Balaban J connectivity index is 1.11. The minimum absolute atomic E-state index is 0.0919. The summed E-state index contributed by atoms with van der Waals surface area (Å²) in [7, 11) is 3.34. The molecule has 0 amide bonds. The molecule has 2 aromatic carbocycles. The molecule has 0 spiro atoms. The molecule has 0 aliphatic carbocycles. The van der Waals surface area contributed by atoms with Gasteiger partial charge in [-0.3, -0.25) is 4.90 Å². The van der Waals surface area contributed by atoms with Gasteiger partial charge in [0, 0.05) is 25.2 Å². The number of nitrogens with one attached hydrogen (secondary N) is 1. The molecule has 1 aromatic heterocycles. The van der Waals surface area contributed by atoms with E-state index < -0.39 is 0 Å². The Hall–Kier alpha value is -2.71. The lowest BCUT2D eigenvalue weighted by Crippen LogP contribution is -2.44. The normalized spacial score (nSPS) is 19.1. The molecule has 8 heteroatoms. The number of fused-ring (bicyclic) bond motifs is 2. The highest BCUT2D eigenvalue weighted by atomic mass is 32.1. The number of piperidine rings is 1. The molecular formula is C24H29N3O4S. The third-order valence-electron chi connectivity index (χ3n) is 6.16. The van der Waals surface area contributed by atoms with Gasteiger partial charge in [-0.25, -0.2) is 4.98 Å². The van der Waals surface area contributed by atoms with Crippen LogP contribution in [-0.2, 0) is 0 Å². The summed E-state index contributed by atoms with van der Waals surface area (Å²) in [5, 5.41) is 4.48. The Bertz CT molecular complexity index is 1060. The second kappa shape index (κ2) is 9.42. The van der Waals surface area contributed by atoms with Gasteiger partial charge >= 0.3 is 0 Å². The van der Waals surface area contributed by atoms with Gasteiger partial charge in [-0.05, 0) is 44.0 Å². The first-order valence-electron chi connectivity index (χ1n) is 11.1. The first-order valence-corrected chi connectivity index (χ1v) is 11.9. The molecule has 3 heterocycles. The van der Waals surface area contributed by atoms with Gasteiger partial charge < -0.3 is 24.3 Å². The van der Waals surface area contributed by atoms with E-state index in [0.29, 0.717) is 12.5 Å². The van der Waals surface area contributed by atoms with E-state index in [-0.39, 0.29) is 6.10 Å². The number of hydrogen-bond donors (Lipinski definition) is 1. The van der Waals surface area contributed by atoms with Crippen LogP contribution in [-0.4, -0.2) is 63.0 Å². The number of aromatic nitrogens is 1. The van der Waals surface area contributed by atoms with Gasteiger partial charge in [0.25, 0.3) is 0 Å². The summed E-state index contributed by atoms with van der Waals surface area (Å²) < 4.78 is 23.9. The number of methoxy groups -OCH3 is 2. The lowest BCUT2D eigenvalue weighted by molar-refractivity contribution is 0.0485. The number of anilines is 1. The Labute approximate surface area is 192 Å². The van der Waals surface area contributed by atoms with Crippen molar-refractivity contribution in [1.82, 2.24) is 9.88 Å². The van der Waals surface area contributed by atoms with Gasteiger partial charge in [-0.1, -0.05) is 23.5 Å². The monoisotopic (exact) mass is 455 g/mol. The van der Waals surface area contributed by atoms with Crippen LogP contribution in [0.25, 0.3) is 10.2 Å². The van der Waals surface area contributed by atoms with Gasteiger partial charge in [0.1, 0.15) is 24.2 Å². The van der Waals surface area contributed by atoms with Gasteiger partial charge in [0.15, 0.2) is 16.6 Å². The zero-order valence-corrected chi connectivity index (χ0v) is 19.3. The molecule has 1 fully saturated rings. The topological polar surface area (TPSA) is 65.1 Å². The molecule has 170 valence electrons. The molecule has 0 radical (unpaired) electrons. The molecule has 3 aromatic rings. The number of ether oxygens (including phenoxy) is 4. The smallest absolute Gasteiger partial charge is 0.183 e. The third-order valence-corrected chi connectivity index (χ3v) is 7.21. The zero-order chi connectivity index (χ0) is 21.9. The van der Waals surface area contributed by atoms with E-state index in [9.17, 15) is 0 Å². The van der Waals surface area contributed by atoms with Gasteiger partial charge in [0.05, 0.1) is 24.4 Å². The van der Waals surface area contributed by atoms with Crippen LogP contribution in [0.5, 0.6) is 23.0 Å². The number of nitrogens with zero attached hydrogens (tertiary/aromatic N) is 2. The maximum absolute atomic E-state index is 6.13. The molecule has 2 aliphatic heterocycles. The van der Waals surface area contributed by atoms with Crippen LogP contribution < -0.4 is 24.3 Å². The van der Waals surface area contributed by atoms with Crippen molar-refractivity contribution >= 4 is 26.7 Å². The standard InChI is InChI=1S/C24H29N3O4S/c1-28-17-11-19-23(22(12-17)29-2)32-24(26-19)25-13-16-7-9-27(10-8-16)14-18-15-30-20-5-3-4-6-21(20)31-18/h3-6,11-12,16,18H,7-10,13-15H2,1-2H3,(H,25,26). The van der Waals surface area contributed by atoms with Crippen molar-refractivity contribution in [3.05, 3.63) is 36.4 Å². The molecule has 1 saturated heterocycles. The fourth-order valence-electron chi connectivity index (χ4n) is 4.37. The number of likely N-dealkylation sites (tertiary alicyclic amines) is 1. The molecule has 1 atom stereocenters. The fraction of sp³-hybridized carbons (Fsp3) is 0.458. The van der Waals surface area contributed by atoms with Crippen LogP contribution in [0.3, 0.4) is 0 Å². The summed E-state index contributed by atoms with van der Waals surface area (Å²) in [6.07, 6.45) is 2.42. The average Bonchev–Trinajstić information content (AvgIpc) is 3.26. The highest BCUT2D eigenvalue weighted by molar-refractivity contribution is 7.22. The van der Waals surface area contributed by atoms with Crippen molar-refractivity contribution in [2.24, 2.45) is 5.92 Å². The summed E-state index contributed by atoms with van der Waals surface area (Å²) in [6.45, 7) is 4.62. The number of thiazole rings is 1. The molecule has 5 rings (SSSR count). The summed E-state index contributed by atoms with van der Waals surface area (Å²) in [5.41, 5.74) is 0.903. The van der Waals surface area contributed by atoms with Crippen molar-refractivity contribution in [1.29, 1.82) is 0 Å². The van der Waals surface area contributed by atoms with Crippen LogP contribution in [0.2, 0.25) is 0 Å². The van der Waals surface area contributed by atoms with Crippen LogP contribution in [0, 0.1) is 5.92 Å². The number of para-hydroxylation sites is 2. The van der Waals surface area contributed by atoms with Crippen LogP contribution in [0.1, 0.15) is 12.8 Å². The van der Waals surface area contributed by atoms with E-state index in [1.807, 2.05) is 36.4 Å². The molecule has 1 unspecified atom stereocenters. The van der Waals surface area contributed by atoms with Crippen molar-refractivity contribution in [2.75, 3.05) is 52.3 Å². The van der Waals surface area contributed by atoms with Crippen LogP contribution in [0.15, 0.2) is 36.4 Å². The van der Waals surface area contributed by atoms with Crippen LogP contribution >= 0.6 is 11.3 Å². The maximum Gasteiger partial charge on any atom is 0.183 e. The van der Waals surface area contributed by atoms with Crippen LogP contribution in [0.4, 0.5) is 5.13 Å². The minimum atomic E-state index is 0.0919. The molecule has 0 bridgehead atoms. The summed E-state index contributed by atoms with van der Waals surface area (Å²) in [6, 6.07) is 11.8. The molecule has 0 saturated carbocycles. The second-order valence-electron chi connectivity index (χ2n) is 8.32. The van der Waals surface area contributed by atoms with E-state index in [1.165, 1.54) is 12.8 Å². The largest absolute Gasteiger partial charge is 0.497 e. The Morgan fingerprint density at radius 3 is 2.72 bits per heavy atom. The molecule has 7 nitrogen and oxygen atoms in total. The highest BCUT2D eigenvalue weighted by Gasteiger charge is 2.26. The maximum atomic E-state index is 6.13. The Kier molecular flexibility index (Phi) is 6.23. The van der Waals surface area contributed by atoms with Gasteiger partial charge in [-0.15, -0.1) is 0 Å². The minimum Gasteiger partial charge on any atom is -0.497 e. The first-order chi connectivity index (χ1) is 15.7. The van der Waals surface area contributed by atoms with Gasteiger partial charge in [0.2, 0.25) is 0 Å². The average molecular weight is 456 g/mol. The fourth-order valence-corrected chi connectivity index (χ4v) is 5.31. The van der Waals surface area contributed by atoms with Crippen molar-refractivity contribution in [3.63, 3.8) is 0 Å². The van der Waals surface area contributed by atoms with E-state index in [2.05, 4.69) is 10.2 Å². The predicted molar refractivity (Wildman–Crippen MR) is 127 cm³/mol. The van der Waals surface area contributed by atoms with E-state index in [4.69, 9.17) is 23.9 Å². The highest BCUT2D eigenvalue weighted by Crippen LogP contribution is 2.37. The quantitative estimate of drug-likeness (QED) is 0.571. The van der Waals surface area contributed by atoms with Gasteiger partial charge in [-0.2, -0.15) is 0 Å². The summed E-state index contributed by atoms with van der Waals surface area (Å²) >= 11 is 1.63. The molecule has 2 aliphatic rings. The number of rotatable bonds is 7. The van der Waals surface area contributed by atoms with Crippen molar-refractivity contribution in [3.8, 4) is 23.0 Å². The molecule has 32 heavy (non-hydrogen) atoms.